The van der Waals surface area contributed by atoms with Gasteiger partial charge in [-0.25, -0.2) is 0 Å². The van der Waals surface area contributed by atoms with Gasteiger partial charge in [-0.2, -0.15) is 5.48 Å². The van der Waals surface area contributed by atoms with Crippen molar-refractivity contribution >= 4 is 11.6 Å². The first kappa shape index (κ1) is 9.58. The fourth-order valence-electron chi connectivity index (χ4n) is 1.24. The maximum absolute atomic E-state index is 6.01. The third-order valence-corrected chi connectivity index (χ3v) is 2.30. The summed E-state index contributed by atoms with van der Waals surface area (Å²) >= 11 is 6.01. The van der Waals surface area contributed by atoms with Crippen LogP contribution in [0.15, 0.2) is 12.1 Å². The Morgan fingerprint density at radius 3 is 2.86 bits per heavy atom. The van der Waals surface area contributed by atoms with E-state index in [0.717, 1.165) is 11.3 Å². The second-order valence-corrected chi connectivity index (χ2v) is 3.23. The highest BCUT2D eigenvalue weighted by Gasteiger charge is 2.16. The number of nitrogens with one attached hydrogen (secondary N) is 1. The van der Waals surface area contributed by atoms with Crippen molar-refractivity contribution in [1.29, 1.82) is 0 Å². The van der Waals surface area contributed by atoms with Gasteiger partial charge in [0, 0.05) is 17.6 Å². The number of hydrogen-bond donors (Lipinski definition) is 1. The Bertz CT molecular complexity index is 343. The average molecular weight is 216 g/mol. The number of hydrogen-bond acceptors (Lipinski definition) is 4. The van der Waals surface area contributed by atoms with Crippen molar-refractivity contribution in [3.63, 3.8) is 0 Å². The zero-order chi connectivity index (χ0) is 9.97. The highest BCUT2D eigenvalue weighted by atomic mass is 35.5. The summed E-state index contributed by atoms with van der Waals surface area (Å²) in [6.45, 7) is 0.790. The Morgan fingerprint density at radius 1 is 1.43 bits per heavy atom. The lowest BCUT2D eigenvalue weighted by Crippen LogP contribution is -2.10. The van der Waals surface area contributed by atoms with E-state index in [0.29, 0.717) is 17.3 Å². The molecule has 1 aromatic rings. The van der Waals surface area contributed by atoms with Crippen LogP contribution in [-0.2, 0) is 11.4 Å². The maximum Gasteiger partial charge on any atom is 0.231 e. The molecule has 4 nitrogen and oxygen atoms in total. The predicted molar refractivity (Wildman–Crippen MR) is 51.4 cm³/mol. The summed E-state index contributed by atoms with van der Waals surface area (Å²) in [7, 11) is 1.56. The molecule has 1 aliphatic heterocycles. The molecule has 0 spiro atoms. The van der Waals surface area contributed by atoms with Gasteiger partial charge in [0.05, 0.1) is 7.11 Å². The maximum atomic E-state index is 6.01. The van der Waals surface area contributed by atoms with Gasteiger partial charge in [-0.1, -0.05) is 11.6 Å². The van der Waals surface area contributed by atoms with E-state index in [1.165, 1.54) is 0 Å². The molecule has 76 valence electrons. The van der Waals surface area contributed by atoms with Crippen molar-refractivity contribution < 1.29 is 14.3 Å². The van der Waals surface area contributed by atoms with Crippen LogP contribution in [0.4, 0.5) is 0 Å². The highest BCUT2D eigenvalue weighted by Crippen LogP contribution is 2.36. The largest absolute Gasteiger partial charge is 0.454 e. The van der Waals surface area contributed by atoms with Crippen LogP contribution < -0.4 is 15.0 Å². The Hall–Kier alpha value is -0.970. The van der Waals surface area contributed by atoms with Crippen LogP contribution in [0.1, 0.15) is 5.56 Å². The van der Waals surface area contributed by atoms with Crippen molar-refractivity contribution in [1.82, 2.24) is 5.48 Å². The van der Waals surface area contributed by atoms with Crippen LogP contribution in [0.25, 0.3) is 0 Å². The summed E-state index contributed by atoms with van der Waals surface area (Å²) in [6.07, 6.45) is 0. The fourth-order valence-corrected chi connectivity index (χ4v) is 1.47. The normalized spacial score (nSPS) is 13.3. The van der Waals surface area contributed by atoms with E-state index in [-0.39, 0.29) is 6.79 Å². The summed E-state index contributed by atoms with van der Waals surface area (Å²) in [5.74, 6) is 1.42. The molecule has 0 aromatic heterocycles. The molecular weight excluding hydrogens is 206 g/mol. The van der Waals surface area contributed by atoms with Gasteiger partial charge in [0.2, 0.25) is 6.79 Å². The summed E-state index contributed by atoms with van der Waals surface area (Å²) in [4.78, 5) is 4.74. The summed E-state index contributed by atoms with van der Waals surface area (Å²) < 4.78 is 10.4. The molecule has 0 saturated carbocycles. The standard InChI is InChI=1S/C9H10ClNO3/c1-12-11-4-6-2-8-9(3-7(6)10)14-5-13-8/h2-3,11H,4-5H2,1H3. The van der Waals surface area contributed by atoms with Gasteiger partial charge in [-0.3, -0.25) is 0 Å². The van der Waals surface area contributed by atoms with Crippen LogP contribution in [0.3, 0.4) is 0 Å². The van der Waals surface area contributed by atoms with Crippen molar-refractivity contribution in [3.8, 4) is 11.5 Å². The monoisotopic (exact) mass is 215 g/mol. The lowest BCUT2D eigenvalue weighted by molar-refractivity contribution is 0.0867. The molecule has 1 aliphatic rings. The quantitative estimate of drug-likeness (QED) is 0.780. The first-order chi connectivity index (χ1) is 6.81. The zero-order valence-corrected chi connectivity index (χ0v) is 8.43. The van der Waals surface area contributed by atoms with Gasteiger partial charge in [-0.05, 0) is 11.6 Å². The van der Waals surface area contributed by atoms with Crippen molar-refractivity contribution in [2.45, 2.75) is 6.54 Å². The Morgan fingerprint density at radius 2 is 2.14 bits per heavy atom. The molecule has 0 saturated heterocycles. The minimum absolute atomic E-state index is 0.257. The molecule has 0 fully saturated rings. The topological polar surface area (TPSA) is 39.7 Å². The van der Waals surface area contributed by atoms with E-state index in [1.807, 2.05) is 6.07 Å². The SMILES string of the molecule is CONCc1cc2c(cc1Cl)OCO2. The molecule has 0 amide bonds. The lowest BCUT2D eigenvalue weighted by atomic mass is 10.2. The van der Waals surface area contributed by atoms with E-state index in [2.05, 4.69) is 5.48 Å². The minimum atomic E-state index is 0.257. The molecule has 0 bridgehead atoms. The zero-order valence-electron chi connectivity index (χ0n) is 7.67. The summed E-state index contributed by atoms with van der Waals surface area (Å²) in [5, 5.41) is 0.638. The number of fused-ring (bicyclic) bond motifs is 1. The van der Waals surface area contributed by atoms with Gasteiger partial charge in [0.1, 0.15) is 0 Å². The van der Waals surface area contributed by atoms with E-state index in [4.69, 9.17) is 25.9 Å². The molecule has 0 aliphatic carbocycles. The Labute approximate surface area is 86.7 Å². The molecule has 5 heteroatoms. The third-order valence-electron chi connectivity index (χ3n) is 1.95. The molecular formula is C9H10ClNO3. The van der Waals surface area contributed by atoms with E-state index >= 15 is 0 Å². The van der Waals surface area contributed by atoms with Gasteiger partial charge < -0.3 is 14.3 Å². The lowest BCUT2D eigenvalue weighted by Gasteiger charge is -2.05. The second kappa shape index (κ2) is 4.04. The van der Waals surface area contributed by atoms with Gasteiger partial charge in [-0.15, -0.1) is 0 Å². The van der Waals surface area contributed by atoms with Gasteiger partial charge in [0.15, 0.2) is 11.5 Å². The van der Waals surface area contributed by atoms with Crippen LogP contribution in [0.5, 0.6) is 11.5 Å². The van der Waals surface area contributed by atoms with E-state index in [9.17, 15) is 0 Å². The van der Waals surface area contributed by atoms with Crippen LogP contribution in [0, 0.1) is 0 Å². The molecule has 1 N–H and O–H groups in total. The average Bonchev–Trinajstić information content (AvgIpc) is 2.61. The van der Waals surface area contributed by atoms with Crippen molar-refractivity contribution in [2.24, 2.45) is 0 Å². The smallest absolute Gasteiger partial charge is 0.231 e. The first-order valence-electron chi connectivity index (χ1n) is 4.15. The molecule has 0 unspecified atom stereocenters. The number of ether oxygens (including phenoxy) is 2. The highest BCUT2D eigenvalue weighted by molar-refractivity contribution is 6.31. The minimum Gasteiger partial charge on any atom is -0.454 e. The van der Waals surface area contributed by atoms with Crippen LogP contribution >= 0.6 is 11.6 Å². The van der Waals surface area contributed by atoms with Gasteiger partial charge in [0.25, 0.3) is 0 Å². The Balaban J connectivity index is 2.23. The van der Waals surface area contributed by atoms with E-state index in [1.54, 1.807) is 13.2 Å². The molecule has 1 heterocycles. The number of hydroxylamine groups is 1. The van der Waals surface area contributed by atoms with Crippen LogP contribution in [0.2, 0.25) is 5.02 Å². The van der Waals surface area contributed by atoms with E-state index < -0.39 is 0 Å². The van der Waals surface area contributed by atoms with Crippen molar-refractivity contribution in [3.05, 3.63) is 22.7 Å². The first-order valence-corrected chi connectivity index (χ1v) is 4.53. The molecule has 2 rings (SSSR count). The second-order valence-electron chi connectivity index (χ2n) is 2.82. The number of rotatable bonds is 3. The van der Waals surface area contributed by atoms with Crippen LogP contribution in [-0.4, -0.2) is 13.9 Å². The fraction of sp³-hybridized carbons (Fsp3) is 0.333. The molecule has 0 atom stereocenters. The molecule has 0 radical (unpaired) electrons. The number of benzene rings is 1. The van der Waals surface area contributed by atoms with Crippen molar-refractivity contribution in [2.75, 3.05) is 13.9 Å². The molecule has 1 aromatic carbocycles. The number of halogens is 1. The predicted octanol–water partition coefficient (Wildman–Crippen LogP) is 1.72. The summed E-state index contributed by atoms with van der Waals surface area (Å²) in [6, 6.07) is 3.59. The Kier molecular flexibility index (Phi) is 2.77. The molecule has 14 heavy (non-hydrogen) atoms. The third kappa shape index (κ3) is 1.77. The van der Waals surface area contributed by atoms with Gasteiger partial charge >= 0.3 is 0 Å². The summed E-state index contributed by atoms with van der Waals surface area (Å²) in [5.41, 5.74) is 3.63.